The van der Waals surface area contributed by atoms with E-state index < -0.39 is 17.5 Å². The summed E-state index contributed by atoms with van der Waals surface area (Å²) in [6.45, 7) is 4.96. The van der Waals surface area contributed by atoms with E-state index in [1.807, 2.05) is 0 Å². The van der Waals surface area contributed by atoms with E-state index >= 15 is 0 Å². The molecule has 1 heterocycles. The lowest BCUT2D eigenvalue weighted by Gasteiger charge is -2.19. The fraction of sp³-hybridized carbons (Fsp3) is 0.320. The molecular formula is C25H27NO8. The highest BCUT2D eigenvalue weighted by atomic mass is 16.6. The first-order chi connectivity index (χ1) is 16.1. The highest BCUT2D eigenvalue weighted by molar-refractivity contribution is 5.97. The SMILES string of the molecule is COc1cc2oc(-c3cccc(C(=O)NCC(=O)OC(C)(C)C)c3)cc(=O)c2c(OC)c1OC. The van der Waals surface area contributed by atoms with Crippen LogP contribution in [-0.4, -0.2) is 45.4 Å². The minimum atomic E-state index is -0.648. The van der Waals surface area contributed by atoms with Crippen molar-refractivity contribution in [2.24, 2.45) is 0 Å². The number of rotatable bonds is 7. The standard InChI is InChI=1S/C25H27NO8/c1-25(2,3)34-20(28)13-26-24(29)15-9-7-8-14(10-15)17-11-16(27)21-18(33-17)12-19(30-4)22(31-5)23(21)32-6/h7-12H,13H2,1-6H3,(H,26,29). The first-order valence-corrected chi connectivity index (χ1v) is 10.4. The number of carbonyl (C=O) groups excluding carboxylic acids is 2. The summed E-state index contributed by atoms with van der Waals surface area (Å²) < 4.78 is 27.2. The maximum Gasteiger partial charge on any atom is 0.325 e. The van der Waals surface area contributed by atoms with Crippen molar-refractivity contribution >= 4 is 22.8 Å². The molecule has 0 fully saturated rings. The van der Waals surface area contributed by atoms with Crippen LogP contribution in [-0.2, 0) is 9.53 Å². The maximum absolute atomic E-state index is 13.0. The van der Waals surface area contributed by atoms with Crippen molar-refractivity contribution < 1.29 is 33.0 Å². The van der Waals surface area contributed by atoms with E-state index in [-0.39, 0.29) is 45.8 Å². The summed E-state index contributed by atoms with van der Waals surface area (Å²) in [6, 6.07) is 9.35. The third-order valence-corrected chi connectivity index (χ3v) is 4.74. The largest absolute Gasteiger partial charge is 0.493 e. The fourth-order valence-corrected chi connectivity index (χ4v) is 3.37. The number of methoxy groups -OCH3 is 3. The Balaban J connectivity index is 1.95. The fourth-order valence-electron chi connectivity index (χ4n) is 3.37. The Morgan fingerprint density at radius 1 is 0.971 bits per heavy atom. The molecular weight excluding hydrogens is 442 g/mol. The van der Waals surface area contributed by atoms with Crippen LogP contribution >= 0.6 is 0 Å². The van der Waals surface area contributed by atoms with Crippen molar-refractivity contribution in [2.75, 3.05) is 27.9 Å². The number of fused-ring (bicyclic) bond motifs is 1. The Labute approximate surface area is 196 Å². The highest BCUT2D eigenvalue weighted by Gasteiger charge is 2.21. The minimum absolute atomic E-state index is 0.201. The van der Waals surface area contributed by atoms with Gasteiger partial charge >= 0.3 is 5.97 Å². The molecule has 0 aliphatic heterocycles. The zero-order chi connectivity index (χ0) is 25.0. The van der Waals surface area contributed by atoms with Gasteiger partial charge in [0, 0.05) is 23.3 Å². The van der Waals surface area contributed by atoms with Crippen molar-refractivity contribution in [3.8, 4) is 28.6 Å². The topological polar surface area (TPSA) is 113 Å². The van der Waals surface area contributed by atoms with Crippen molar-refractivity contribution in [1.29, 1.82) is 0 Å². The quantitative estimate of drug-likeness (QED) is 0.523. The Kier molecular flexibility index (Phi) is 7.14. The zero-order valence-electron chi connectivity index (χ0n) is 19.9. The first-order valence-electron chi connectivity index (χ1n) is 10.4. The van der Waals surface area contributed by atoms with Crippen LogP contribution in [0.3, 0.4) is 0 Å². The lowest BCUT2D eigenvalue weighted by Crippen LogP contribution is -2.34. The van der Waals surface area contributed by atoms with E-state index in [1.165, 1.54) is 27.4 Å². The van der Waals surface area contributed by atoms with Gasteiger partial charge in [-0.15, -0.1) is 0 Å². The van der Waals surface area contributed by atoms with Crippen LogP contribution in [0.5, 0.6) is 17.2 Å². The number of hydrogen-bond acceptors (Lipinski definition) is 8. The van der Waals surface area contributed by atoms with Crippen molar-refractivity contribution in [1.82, 2.24) is 5.32 Å². The molecule has 3 aromatic rings. The van der Waals surface area contributed by atoms with Gasteiger partial charge < -0.3 is 28.7 Å². The second-order valence-electron chi connectivity index (χ2n) is 8.34. The Hall–Kier alpha value is -4.01. The third-order valence-electron chi connectivity index (χ3n) is 4.74. The molecule has 0 atom stereocenters. The number of amides is 1. The number of carbonyl (C=O) groups is 2. The van der Waals surface area contributed by atoms with Gasteiger partial charge in [-0.05, 0) is 32.9 Å². The summed E-state index contributed by atoms with van der Waals surface area (Å²) in [4.78, 5) is 37.4. The second kappa shape index (κ2) is 9.86. The predicted octanol–water partition coefficient (Wildman–Crippen LogP) is 3.56. The summed E-state index contributed by atoms with van der Waals surface area (Å²) in [5.74, 6) is 0.0457. The number of benzene rings is 2. The molecule has 0 aliphatic carbocycles. The van der Waals surface area contributed by atoms with Gasteiger partial charge in [-0.3, -0.25) is 14.4 Å². The first kappa shape index (κ1) is 24.6. The molecule has 0 saturated carbocycles. The van der Waals surface area contributed by atoms with E-state index in [9.17, 15) is 14.4 Å². The molecule has 0 unspecified atom stereocenters. The van der Waals surface area contributed by atoms with Crippen molar-refractivity contribution in [2.45, 2.75) is 26.4 Å². The molecule has 2 aromatic carbocycles. The van der Waals surface area contributed by atoms with Gasteiger partial charge in [-0.1, -0.05) is 12.1 Å². The highest BCUT2D eigenvalue weighted by Crippen LogP contribution is 2.42. The van der Waals surface area contributed by atoms with Gasteiger partial charge in [0.05, 0.1) is 21.3 Å². The van der Waals surface area contributed by atoms with Crippen molar-refractivity contribution in [3.63, 3.8) is 0 Å². The Morgan fingerprint density at radius 2 is 1.68 bits per heavy atom. The summed E-state index contributed by atoms with van der Waals surface area (Å²) >= 11 is 0. The van der Waals surface area contributed by atoms with Crippen LogP contribution in [0.2, 0.25) is 0 Å². The molecule has 3 rings (SSSR count). The van der Waals surface area contributed by atoms with E-state index in [2.05, 4.69) is 5.32 Å². The van der Waals surface area contributed by atoms with Crippen LogP contribution in [0.25, 0.3) is 22.3 Å². The van der Waals surface area contributed by atoms with Crippen LogP contribution in [0, 0.1) is 0 Å². The molecule has 0 spiro atoms. The Bertz CT molecular complexity index is 1290. The number of nitrogens with one attached hydrogen (secondary N) is 1. The van der Waals surface area contributed by atoms with Gasteiger partial charge in [0.2, 0.25) is 5.75 Å². The minimum Gasteiger partial charge on any atom is -0.493 e. The third kappa shape index (κ3) is 5.31. The number of ether oxygens (including phenoxy) is 4. The summed E-state index contributed by atoms with van der Waals surface area (Å²) in [6.07, 6.45) is 0. The zero-order valence-corrected chi connectivity index (χ0v) is 19.9. The molecule has 34 heavy (non-hydrogen) atoms. The number of hydrogen-bond donors (Lipinski definition) is 1. The normalized spacial score (nSPS) is 11.1. The van der Waals surface area contributed by atoms with E-state index in [4.69, 9.17) is 23.4 Å². The Morgan fingerprint density at radius 3 is 2.29 bits per heavy atom. The molecule has 9 heteroatoms. The molecule has 9 nitrogen and oxygen atoms in total. The van der Waals surface area contributed by atoms with Gasteiger partial charge in [0.15, 0.2) is 16.9 Å². The lowest BCUT2D eigenvalue weighted by molar-refractivity contribution is -0.153. The van der Waals surface area contributed by atoms with E-state index in [0.717, 1.165) is 0 Å². The van der Waals surface area contributed by atoms with Gasteiger partial charge in [-0.2, -0.15) is 0 Å². The number of esters is 1. The summed E-state index contributed by atoms with van der Waals surface area (Å²) in [7, 11) is 4.33. The van der Waals surface area contributed by atoms with Crippen molar-refractivity contribution in [3.05, 3.63) is 52.2 Å². The molecule has 1 amide bonds. The van der Waals surface area contributed by atoms with Gasteiger partial charge in [0.1, 0.15) is 28.9 Å². The second-order valence-corrected chi connectivity index (χ2v) is 8.34. The maximum atomic E-state index is 13.0. The summed E-state index contributed by atoms with van der Waals surface area (Å²) in [5.41, 5.74) is 0.0158. The molecule has 0 saturated heterocycles. The molecule has 180 valence electrons. The van der Waals surface area contributed by atoms with E-state index in [0.29, 0.717) is 11.3 Å². The van der Waals surface area contributed by atoms with Gasteiger partial charge in [0.25, 0.3) is 5.91 Å². The van der Waals surface area contributed by atoms with Gasteiger partial charge in [-0.25, -0.2) is 0 Å². The average molecular weight is 469 g/mol. The molecule has 1 aromatic heterocycles. The monoisotopic (exact) mass is 469 g/mol. The smallest absolute Gasteiger partial charge is 0.325 e. The molecule has 0 radical (unpaired) electrons. The van der Waals surface area contributed by atoms with Crippen LogP contribution in [0.1, 0.15) is 31.1 Å². The molecule has 1 N–H and O–H groups in total. The summed E-state index contributed by atoms with van der Waals surface area (Å²) in [5, 5.41) is 2.73. The predicted molar refractivity (Wildman–Crippen MR) is 126 cm³/mol. The van der Waals surface area contributed by atoms with Crippen LogP contribution < -0.4 is 25.0 Å². The van der Waals surface area contributed by atoms with E-state index in [1.54, 1.807) is 51.1 Å². The van der Waals surface area contributed by atoms with Crippen LogP contribution in [0.15, 0.2) is 45.6 Å². The molecule has 0 aliphatic rings. The van der Waals surface area contributed by atoms with Crippen LogP contribution in [0.4, 0.5) is 0 Å². The lowest BCUT2D eigenvalue weighted by atomic mass is 10.1. The molecule has 0 bridgehead atoms. The average Bonchev–Trinajstić information content (AvgIpc) is 2.79.